The Bertz CT molecular complexity index is 517. The second-order valence-electron chi connectivity index (χ2n) is 5.28. The Balaban J connectivity index is 2.67. The molecule has 1 aromatic rings. The van der Waals surface area contributed by atoms with E-state index in [1.54, 1.807) is 45.2 Å². The molecule has 0 aromatic heterocycles. The van der Waals surface area contributed by atoms with E-state index in [2.05, 4.69) is 5.32 Å². The number of likely N-dealkylation sites (N-methyl/N-ethyl adjacent to an activating group) is 1. The first-order valence-corrected chi connectivity index (χ1v) is 7.37. The summed E-state index contributed by atoms with van der Waals surface area (Å²) in [5.74, 6) is -0.0185. The van der Waals surface area contributed by atoms with Crippen molar-refractivity contribution in [3.05, 3.63) is 24.3 Å². The van der Waals surface area contributed by atoms with Crippen molar-refractivity contribution in [1.29, 1.82) is 0 Å². The number of nitrogens with two attached hydrogens (primary N) is 1. The number of rotatable bonds is 7. The van der Waals surface area contributed by atoms with Crippen molar-refractivity contribution in [3.63, 3.8) is 0 Å². The van der Waals surface area contributed by atoms with Gasteiger partial charge in [0.15, 0.2) is 0 Å². The fourth-order valence-electron chi connectivity index (χ4n) is 1.93. The molecule has 0 spiro atoms. The van der Waals surface area contributed by atoms with Gasteiger partial charge in [0.05, 0.1) is 19.6 Å². The molecule has 122 valence electrons. The molecule has 0 saturated heterocycles. The zero-order chi connectivity index (χ0) is 16.7. The number of methoxy groups -OCH3 is 1. The van der Waals surface area contributed by atoms with Gasteiger partial charge in [0.25, 0.3) is 0 Å². The van der Waals surface area contributed by atoms with Crippen LogP contribution in [0.3, 0.4) is 0 Å². The molecule has 1 rings (SSSR count). The van der Waals surface area contributed by atoms with Gasteiger partial charge in [-0.3, -0.25) is 9.59 Å². The van der Waals surface area contributed by atoms with E-state index in [9.17, 15) is 9.59 Å². The van der Waals surface area contributed by atoms with Crippen LogP contribution in [0.1, 0.15) is 20.8 Å². The Morgan fingerprint density at radius 3 is 2.59 bits per heavy atom. The highest BCUT2D eigenvalue weighted by atomic mass is 16.5. The summed E-state index contributed by atoms with van der Waals surface area (Å²) in [5, 5.41) is 2.76. The van der Waals surface area contributed by atoms with Crippen molar-refractivity contribution in [1.82, 2.24) is 4.90 Å². The van der Waals surface area contributed by atoms with E-state index in [1.807, 2.05) is 6.92 Å². The molecule has 0 radical (unpaired) electrons. The van der Waals surface area contributed by atoms with Crippen molar-refractivity contribution in [2.75, 3.05) is 25.5 Å². The first-order chi connectivity index (χ1) is 10.4. The van der Waals surface area contributed by atoms with Crippen LogP contribution in [0, 0.1) is 5.92 Å². The normalized spacial score (nSPS) is 13.1. The average Bonchev–Trinajstić information content (AvgIpc) is 2.51. The third-order valence-electron chi connectivity index (χ3n) is 3.56. The van der Waals surface area contributed by atoms with Gasteiger partial charge in [0.1, 0.15) is 5.75 Å². The van der Waals surface area contributed by atoms with Crippen molar-refractivity contribution in [2.45, 2.75) is 26.8 Å². The lowest BCUT2D eigenvalue weighted by atomic mass is 10.0. The number of ether oxygens (including phenoxy) is 1. The average molecular weight is 307 g/mol. The molecule has 6 heteroatoms. The molecule has 2 amide bonds. The molecule has 3 N–H and O–H groups in total. The number of nitrogens with one attached hydrogen (secondary N) is 1. The fourth-order valence-corrected chi connectivity index (χ4v) is 1.93. The lowest BCUT2D eigenvalue weighted by Crippen LogP contribution is -2.44. The Labute approximate surface area is 131 Å². The van der Waals surface area contributed by atoms with Crippen LogP contribution < -0.4 is 15.8 Å². The van der Waals surface area contributed by atoms with E-state index in [-0.39, 0.29) is 30.3 Å². The first-order valence-electron chi connectivity index (χ1n) is 7.37. The van der Waals surface area contributed by atoms with Crippen molar-refractivity contribution in [3.8, 4) is 5.75 Å². The Morgan fingerprint density at radius 1 is 1.36 bits per heavy atom. The monoisotopic (exact) mass is 307 g/mol. The lowest BCUT2D eigenvalue weighted by Gasteiger charge is -2.25. The fraction of sp³-hybridized carbons (Fsp3) is 0.500. The van der Waals surface area contributed by atoms with Crippen molar-refractivity contribution in [2.24, 2.45) is 11.7 Å². The van der Waals surface area contributed by atoms with Gasteiger partial charge in [0, 0.05) is 24.3 Å². The van der Waals surface area contributed by atoms with Gasteiger partial charge in [-0.05, 0) is 26.0 Å². The molecule has 0 aliphatic carbocycles. The molecular formula is C16H25N3O3. The van der Waals surface area contributed by atoms with Crippen LogP contribution in [0.2, 0.25) is 0 Å². The molecule has 0 fully saturated rings. The number of benzene rings is 1. The second-order valence-corrected chi connectivity index (χ2v) is 5.28. The maximum absolute atomic E-state index is 12.3. The Kier molecular flexibility index (Phi) is 6.85. The largest absolute Gasteiger partial charge is 0.497 e. The van der Waals surface area contributed by atoms with E-state index < -0.39 is 0 Å². The summed E-state index contributed by atoms with van der Waals surface area (Å²) in [5.41, 5.74) is 6.39. The summed E-state index contributed by atoms with van der Waals surface area (Å²) in [6.45, 7) is 5.86. The summed E-state index contributed by atoms with van der Waals surface area (Å²) in [4.78, 5) is 25.9. The number of anilines is 1. The van der Waals surface area contributed by atoms with Crippen LogP contribution in [0.15, 0.2) is 24.3 Å². The summed E-state index contributed by atoms with van der Waals surface area (Å²) in [6.07, 6.45) is 0. The van der Waals surface area contributed by atoms with Crippen LogP contribution in [0.4, 0.5) is 5.69 Å². The molecule has 0 aliphatic rings. The number of hydrogen-bond donors (Lipinski definition) is 2. The van der Waals surface area contributed by atoms with Crippen molar-refractivity contribution >= 4 is 17.5 Å². The molecular weight excluding hydrogens is 282 g/mol. The highest BCUT2D eigenvalue weighted by Crippen LogP contribution is 2.16. The van der Waals surface area contributed by atoms with Crippen molar-refractivity contribution < 1.29 is 14.3 Å². The number of carbonyl (C=O) groups is 2. The zero-order valence-electron chi connectivity index (χ0n) is 13.6. The van der Waals surface area contributed by atoms with Gasteiger partial charge in [-0.25, -0.2) is 0 Å². The molecule has 2 atom stereocenters. The summed E-state index contributed by atoms with van der Waals surface area (Å²) >= 11 is 0. The number of hydrogen-bond acceptors (Lipinski definition) is 4. The van der Waals surface area contributed by atoms with Crippen LogP contribution >= 0.6 is 0 Å². The molecule has 6 nitrogen and oxygen atoms in total. The lowest BCUT2D eigenvalue weighted by molar-refractivity contribution is -0.138. The van der Waals surface area contributed by atoms with Gasteiger partial charge in [0.2, 0.25) is 11.8 Å². The summed E-state index contributed by atoms with van der Waals surface area (Å²) < 4.78 is 5.10. The maximum Gasteiger partial charge on any atom is 0.243 e. The quantitative estimate of drug-likeness (QED) is 0.799. The van der Waals surface area contributed by atoms with Crippen LogP contribution in [0.25, 0.3) is 0 Å². The standard InChI is InChI=1S/C16H25N3O3/c1-5-19(16(21)11(2)12(3)17)10-15(20)18-13-7-6-8-14(9-13)22-4/h6-9,11-12H,5,10,17H2,1-4H3,(H,18,20). The van der Waals surface area contributed by atoms with Crippen LogP contribution in [-0.4, -0.2) is 43.0 Å². The highest BCUT2D eigenvalue weighted by molar-refractivity contribution is 5.95. The van der Waals surface area contributed by atoms with Crippen LogP contribution in [0.5, 0.6) is 5.75 Å². The SMILES string of the molecule is CCN(CC(=O)Nc1cccc(OC)c1)C(=O)C(C)C(C)N. The third-order valence-corrected chi connectivity index (χ3v) is 3.56. The van der Waals surface area contributed by atoms with E-state index in [4.69, 9.17) is 10.5 Å². The van der Waals surface area contributed by atoms with Gasteiger partial charge in [-0.15, -0.1) is 0 Å². The molecule has 2 unspecified atom stereocenters. The van der Waals surface area contributed by atoms with E-state index in [0.717, 1.165) is 0 Å². The predicted octanol–water partition coefficient (Wildman–Crippen LogP) is 1.47. The number of amides is 2. The smallest absolute Gasteiger partial charge is 0.243 e. The molecule has 0 saturated carbocycles. The predicted molar refractivity (Wildman–Crippen MR) is 86.7 cm³/mol. The highest BCUT2D eigenvalue weighted by Gasteiger charge is 2.23. The minimum Gasteiger partial charge on any atom is -0.497 e. The van der Waals surface area contributed by atoms with Crippen LogP contribution in [-0.2, 0) is 9.59 Å². The maximum atomic E-state index is 12.3. The molecule has 22 heavy (non-hydrogen) atoms. The third kappa shape index (κ3) is 5.04. The zero-order valence-corrected chi connectivity index (χ0v) is 13.6. The van der Waals surface area contributed by atoms with Gasteiger partial charge < -0.3 is 20.7 Å². The molecule has 0 aliphatic heterocycles. The second kappa shape index (κ2) is 8.38. The number of carbonyl (C=O) groups excluding carboxylic acids is 2. The van der Waals surface area contributed by atoms with Gasteiger partial charge >= 0.3 is 0 Å². The molecule has 0 heterocycles. The van der Waals surface area contributed by atoms with E-state index in [1.165, 1.54) is 4.90 Å². The van der Waals surface area contributed by atoms with E-state index >= 15 is 0 Å². The first kappa shape index (κ1) is 18.0. The minimum atomic E-state index is -0.315. The Morgan fingerprint density at radius 2 is 2.05 bits per heavy atom. The summed E-state index contributed by atoms with van der Waals surface area (Å²) in [6, 6.07) is 6.82. The summed E-state index contributed by atoms with van der Waals surface area (Å²) in [7, 11) is 1.56. The van der Waals surface area contributed by atoms with Gasteiger partial charge in [-0.2, -0.15) is 0 Å². The Hall–Kier alpha value is -2.08. The topological polar surface area (TPSA) is 84.7 Å². The number of nitrogens with zero attached hydrogens (tertiary/aromatic N) is 1. The van der Waals surface area contributed by atoms with E-state index in [0.29, 0.717) is 18.0 Å². The molecule has 0 bridgehead atoms. The molecule has 1 aromatic carbocycles. The van der Waals surface area contributed by atoms with Gasteiger partial charge in [-0.1, -0.05) is 13.0 Å². The minimum absolute atomic E-state index is 0.00357.